The van der Waals surface area contributed by atoms with Crippen molar-refractivity contribution in [1.29, 1.82) is 0 Å². The number of anilines is 1. The number of sulfonamides is 1. The van der Waals surface area contributed by atoms with Crippen molar-refractivity contribution in [2.24, 2.45) is 0 Å². The van der Waals surface area contributed by atoms with Crippen LogP contribution in [0.5, 0.6) is 0 Å². The van der Waals surface area contributed by atoms with Crippen LogP contribution in [0, 0.1) is 5.82 Å². The SMILES string of the molecule is Nc1ccc(S(=O)(=O)NCCc2cccs2)c(F)c1. The average Bonchev–Trinajstić information content (AvgIpc) is 2.81. The Labute approximate surface area is 115 Å². The van der Waals surface area contributed by atoms with E-state index < -0.39 is 15.8 Å². The minimum Gasteiger partial charge on any atom is -0.399 e. The van der Waals surface area contributed by atoms with E-state index in [9.17, 15) is 12.8 Å². The summed E-state index contributed by atoms with van der Waals surface area (Å²) in [5.74, 6) is -0.844. The summed E-state index contributed by atoms with van der Waals surface area (Å²) < 4.78 is 39.7. The third-order valence-electron chi connectivity index (χ3n) is 2.49. The van der Waals surface area contributed by atoms with Crippen LogP contribution in [0.2, 0.25) is 0 Å². The number of benzene rings is 1. The van der Waals surface area contributed by atoms with Gasteiger partial charge in [0.25, 0.3) is 0 Å². The van der Waals surface area contributed by atoms with Gasteiger partial charge in [-0.25, -0.2) is 17.5 Å². The summed E-state index contributed by atoms with van der Waals surface area (Å²) in [6.07, 6.45) is 0.577. The molecule has 0 bridgehead atoms. The van der Waals surface area contributed by atoms with Crippen LogP contribution in [0.3, 0.4) is 0 Å². The maximum atomic E-state index is 13.5. The number of halogens is 1. The van der Waals surface area contributed by atoms with Crippen LogP contribution in [-0.4, -0.2) is 15.0 Å². The monoisotopic (exact) mass is 300 g/mol. The van der Waals surface area contributed by atoms with Crippen LogP contribution in [0.1, 0.15) is 4.88 Å². The van der Waals surface area contributed by atoms with Crippen molar-refractivity contribution in [2.75, 3.05) is 12.3 Å². The normalized spacial score (nSPS) is 11.6. The highest BCUT2D eigenvalue weighted by Gasteiger charge is 2.18. The van der Waals surface area contributed by atoms with Crippen molar-refractivity contribution >= 4 is 27.0 Å². The fourth-order valence-electron chi connectivity index (χ4n) is 1.58. The predicted octanol–water partition coefficient (Wildman–Crippen LogP) is 1.99. The zero-order valence-electron chi connectivity index (χ0n) is 9.97. The molecule has 0 saturated heterocycles. The van der Waals surface area contributed by atoms with E-state index in [1.165, 1.54) is 6.07 Å². The summed E-state index contributed by atoms with van der Waals surface area (Å²) in [7, 11) is -3.84. The molecule has 2 rings (SSSR count). The lowest BCUT2D eigenvalue weighted by molar-refractivity contribution is 0.557. The molecule has 1 heterocycles. The van der Waals surface area contributed by atoms with Crippen LogP contribution in [-0.2, 0) is 16.4 Å². The van der Waals surface area contributed by atoms with Gasteiger partial charge >= 0.3 is 0 Å². The Balaban J connectivity index is 2.05. The van der Waals surface area contributed by atoms with Crippen LogP contribution >= 0.6 is 11.3 Å². The van der Waals surface area contributed by atoms with Crippen LogP contribution in [0.25, 0.3) is 0 Å². The van der Waals surface area contributed by atoms with Gasteiger partial charge in [-0.1, -0.05) is 6.07 Å². The van der Waals surface area contributed by atoms with Gasteiger partial charge in [-0.3, -0.25) is 0 Å². The maximum Gasteiger partial charge on any atom is 0.243 e. The maximum absolute atomic E-state index is 13.5. The van der Waals surface area contributed by atoms with Crippen LogP contribution in [0.4, 0.5) is 10.1 Å². The first-order valence-electron chi connectivity index (χ1n) is 5.56. The molecule has 1 aromatic heterocycles. The van der Waals surface area contributed by atoms with Gasteiger partial charge in [0, 0.05) is 17.1 Å². The Bertz CT molecular complexity index is 654. The molecule has 0 atom stereocenters. The van der Waals surface area contributed by atoms with Gasteiger partial charge in [-0.15, -0.1) is 11.3 Å². The molecule has 3 N–H and O–H groups in total. The molecule has 4 nitrogen and oxygen atoms in total. The van der Waals surface area contributed by atoms with Crippen molar-refractivity contribution in [3.05, 3.63) is 46.4 Å². The lowest BCUT2D eigenvalue weighted by Crippen LogP contribution is -2.26. The lowest BCUT2D eigenvalue weighted by atomic mass is 10.3. The van der Waals surface area contributed by atoms with Crippen LogP contribution < -0.4 is 10.5 Å². The third-order valence-corrected chi connectivity index (χ3v) is 4.92. The van der Waals surface area contributed by atoms with E-state index in [-0.39, 0.29) is 17.1 Å². The van der Waals surface area contributed by atoms with E-state index in [1.807, 2.05) is 17.5 Å². The molecule has 0 amide bonds. The summed E-state index contributed by atoms with van der Waals surface area (Å²) in [4.78, 5) is 0.688. The van der Waals surface area contributed by atoms with E-state index in [4.69, 9.17) is 5.73 Å². The Hall–Kier alpha value is -1.44. The smallest absolute Gasteiger partial charge is 0.243 e. The molecule has 0 aliphatic rings. The van der Waals surface area contributed by atoms with Gasteiger partial charge in [0.1, 0.15) is 10.7 Å². The molecule has 0 spiro atoms. The highest BCUT2D eigenvalue weighted by molar-refractivity contribution is 7.89. The molecule has 0 aliphatic heterocycles. The number of nitrogens with one attached hydrogen (secondary N) is 1. The molecule has 19 heavy (non-hydrogen) atoms. The Kier molecular flexibility index (Phi) is 4.18. The molecule has 102 valence electrons. The molecule has 0 radical (unpaired) electrons. The van der Waals surface area contributed by atoms with Crippen LogP contribution in [0.15, 0.2) is 40.6 Å². The third kappa shape index (κ3) is 3.52. The molecule has 0 fully saturated rings. The fraction of sp³-hybridized carbons (Fsp3) is 0.167. The first-order valence-corrected chi connectivity index (χ1v) is 7.92. The van der Waals surface area contributed by atoms with Gasteiger partial charge in [-0.05, 0) is 36.1 Å². The van der Waals surface area contributed by atoms with Crippen molar-refractivity contribution in [3.8, 4) is 0 Å². The largest absolute Gasteiger partial charge is 0.399 e. The minimum atomic E-state index is -3.84. The van der Waals surface area contributed by atoms with E-state index >= 15 is 0 Å². The highest BCUT2D eigenvalue weighted by Crippen LogP contribution is 2.17. The fourth-order valence-corrected chi connectivity index (χ4v) is 3.37. The Morgan fingerprint density at radius 3 is 2.74 bits per heavy atom. The first-order chi connectivity index (χ1) is 8.99. The van der Waals surface area contributed by atoms with Crippen molar-refractivity contribution in [1.82, 2.24) is 4.72 Å². The van der Waals surface area contributed by atoms with Gasteiger partial charge < -0.3 is 5.73 Å². The number of hydrogen-bond donors (Lipinski definition) is 2. The Morgan fingerprint density at radius 2 is 2.11 bits per heavy atom. The quantitative estimate of drug-likeness (QED) is 0.830. The highest BCUT2D eigenvalue weighted by atomic mass is 32.2. The molecular weight excluding hydrogens is 287 g/mol. The van der Waals surface area contributed by atoms with Gasteiger partial charge in [0.2, 0.25) is 10.0 Å². The zero-order chi connectivity index (χ0) is 13.9. The van der Waals surface area contributed by atoms with E-state index in [0.29, 0.717) is 6.42 Å². The summed E-state index contributed by atoms with van der Waals surface area (Å²) in [5, 5.41) is 1.92. The molecule has 0 saturated carbocycles. The van der Waals surface area contributed by atoms with E-state index in [1.54, 1.807) is 11.3 Å². The second kappa shape index (κ2) is 5.68. The van der Waals surface area contributed by atoms with Gasteiger partial charge in [-0.2, -0.15) is 0 Å². The number of rotatable bonds is 5. The summed E-state index contributed by atoms with van der Waals surface area (Å²) in [6, 6.07) is 7.33. The molecule has 2 aromatic rings. The molecule has 7 heteroatoms. The minimum absolute atomic E-state index is 0.190. The van der Waals surface area contributed by atoms with Crippen molar-refractivity contribution in [3.63, 3.8) is 0 Å². The summed E-state index contributed by atoms with van der Waals surface area (Å²) >= 11 is 1.55. The van der Waals surface area contributed by atoms with Crippen molar-refractivity contribution < 1.29 is 12.8 Å². The summed E-state index contributed by atoms with van der Waals surface area (Å²) in [6.45, 7) is 0.229. The zero-order valence-corrected chi connectivity index (χ0v) is 11.6. The van der Waals surface area contributed by atoms with Gasteiger partial charge in [0.05, 0.1) is 0 Å². The Morgan fingerprint density at radius 1 is 1.32 bits per heavy atom. The standard InChI is InChI=1S/C12H13FN2O2S2/c13-11-8-9(14)3-4-12(11)19(16,17)15-6-5-10-2-1-7-18-10/h1-4,7-8,15H,5-6,14H2. The number of nitrogens with two attached hydrogens (primary N) is 1. The molecule has 1 aromatic carbocycles. The number of hydrogen-bond acceptors (Lipinski definition) is 4. The van der Waals surface area contributed by atoms with Crippen molar-refractivity contribution in [2.45, 2.75) is 11.3 Å². The van der Waals surface area contributed by atoms with Gasteiger partial charge in [0.15, 0.2) is 0 Å². The predicted molar refractivity (Wildman–Crippen MR) is 74.0 cm³/mol. The first kappa shape index (κ1) is 14.0. The topological polar surface area (TPSA) is 72.2 Å². The van der Waals surface area contributed by atoms with E-state index in [2.05, 4.69) is 4.72 Å². The van der Waals surface area contributed by atoms with E-state index in [0.717, 1.165) is 17.0 Å². The average molecular weight is 300 g/mol. The number of nitrogen functional groups attached to an aromatic ring is 1. The number of thiophene rings is 1. The second-order valence-electron chi connectivity index (χ2n) is 3.92. The lowest BCUT2D eigenvalue weighted by Gasteiger charge is -2.07. The molecule has 0 aliphatic carbocycles. The summed E-state index contributed by atoms with van der Waals surface area (Å²) in [5.41, 5.74) is 5.57. The second-order valence-corrected chi connectivity index (χ2v) is 6.68. The molecule has 0 unspecified atom stereocenters. The molecular formula is C12H13FN2O2S2.